The lowest BCUT2D eigenvalue weighted by Crippen LogP contribution is -2.48. The van der Waals surface area contributed by atoms with Gasteiger partial charge >= 0.3 is 24.3 Å². The number of nitrogens with zero attached hydrogens (tertiary/aromatic N) is 1. The van der Waals surface area contributed by atoms with Gasteiger partial charge in [0.25, 0.3) is 0 Å². The zero-order valence-corrected chi connectivity index (χ0v) is 10.7. The fourth-order valence-electron chi connectivity index (χ4n) is 0.868. The third kappa shape index (κ3) is 10.8. The second kappa shape index (κ2) is 8.67. The number of nitrogens with two attached hydrogens (primary N) is 1. The normalized spacial score (nSPS) is 18.4. The highest BCUT2D eigenvalue weighted by Gasteiger charge is 2.38. The van der Waals surface area contributed by atoms with Crippen LogP contribution in [-0.2, 0) is 9.59 Å². The van der Waals surface area contributed by atoms with Crippen molar-refractivity contribution in [1.82, 2.24) is 4.90 Å². The van der Waals surface area contributed by atoms with Gasteiger partial charge in [-0.1, -0.05) is 0 Å². The molecule has 0 radical (unpaired) electrons. The van der Waals surface area contributed by atoms with Crippen LogP contribution in [0.25, 0.3) is 0 Å². The molecular formula is C9H14F6N2O4. The number of rotatable bonds is 1. The Labute approximate surface area is 115 Å². The summed E-state index contributed by atoms with van der Waals surface area (Å²) in [5.41, 5.74) is 5.38. The lowest BCUT2D eigenvalue weighted by molar-refractivity contribution is -0.193. The minimum atomic E-state index is -5.08. The van der Waals surface area contributed by atoms with Crippen LogP contribution >= 0.6 is 0 Å². The fourth-order valence-corrected chi connectivity index (χ4v) is 0.868. The topological polar surface area (TPSA) is 104 Å². The van der Waals surface area contributed by atoms with E-state index in [0.717, 1.165) is 6.54 Å². The van der Waals surface area contributed by atoms with E-state index in [1.807, 2.05) is 0 Å². The summed E-state index contributed by atoms with van der Waals surface area (Å²) >= 11 is 0. The van der Waals surface area contributed by atoms with Gasteiger partial charge in [-0.15, -0.1) is 0 Å². The van der Waals surface area contributed by atoms with E-state index in [1.165, 1.54) is 13.0 Å². The zero-order valence-electron chi connectivity index (χ0n) is 10.7. The van der Waals surface area contributed by atoms with Crippen LogP contribution in [0.5, 0.6) is 0 Å². The minimum absolute atomic E-state index is 0.694. The molecule has 0 aliphatic carbocycles. The standard InChI is InChI=1S/C5H12N2.2C2HF3O2/c1-7-3-2-5(7)4-6;2*3-2(4,5)1(6)7/h5H,2-4,6H2,1H3;2*(H,6,7). The number of carboxylic acid groups (broad SMARTS) is 2. The Bertz CT molecular complexity index is 318. The summed E-state index contributed by atoms with van der Waals surface area (Å²) in [5.74, 6) is -5.51. The number of hydrogen-bond acceptors (Lipinski definition) is 4. The molecule has 1 fully saturated rings. The fraction of sp³-hybridized carbons (Fsp3) is 0.778. The van der Waals surface area contributed by atoms with Crippen molar-refractivity contribution in [2.45, 2.75) is 24.8 Å². The highest BCUT2D eigenvalue weighted by atomic mass is 19.4. The third-order valence-corrected chi connectivity index (χ3v) is 2.20. The van der Waals surface area contributed by atoms with Crippen LogP contribution in [0.15, 0.2) is 0 Å². The molecule has 1 atom stereocenters. The van der Waals surface area contributed by atoms with Crippen molar-refractivity contribution in [2.24, 2.45) is 5.73 Å². The summed E-state index contributed by atoms with van der Waals surface area (Å²) in [6.07, 6.45) is -8.87. The molecule has 12 heteroatoms. The number of likely N-dealkylation sites (N-methyl/N-ethyl adjacent to an activating group) is 1. The van der Waals surface area contributed by atoms with Gasteiger partial charge in [0.1, 0.15) is 0 Å². The Morgan fingerprint density at radius 2 is 1.38 bits per heavy atom. The predicted molar refractivity (Wildman–Crippen MR) is 57.5 cm³/mol. The molecule has 1 aliphatic heterocycles. The first-order chi connectivity index (χ1) is 9.23. The van der Waals surface area contributed by atoms with Crippen molar-refractivity contribution in [3.63, 3.8) is 0 Å². The van der Waals surface area contributed by atoms with Gasteiger partial charge in [0.05, 0.1) is 0 Å². The van der Waals surface area contributed by atoms with E-state index in [1.54, 1.807) is 0 Å². The van der Waals surface area contributed by atoms with Gasteiger partial charge in [0.2, 0.25) is 0 Å². The highest BCUT2D eigenvalue weighted by molar-refractivity contribution is 5.73. The lowest BCUT2D eigenvalue weighted by Gasteiger charge is -2.36. The summed E-state index contributed by atoms with van der Waals surface area (Å²) < 4.78 is 63.5. The molecule has 0 bridgehead atoms. The Kier molecular flexibility index (Phi) is 8.97. The number of halogens is 6. The largest absolute Gasteiger partial charge is 0.490 e. The first kappa shape index (κ1) is 21.7. The number of carbonyl (C=O) groups is 2. The van der Waals surface area contributed by atoms with Crippen molar-refractivity contribution >= 4 is 11.9 Å². The second-order valence-electron chi connectivity index (χ2n) is 3.76. The van der Waals surface area contributed by atoms with Gasteiger partial charge < -0.3 is 20.8 Å². The number of alkyl halides is 6. The van der Waals surface area contributed by atoms with E-state index in [-0.39, 0.29) is 0 Å². The Balaban J connectivity index is 0. The Morgan fingerprint density at radius 3 is 1.38 bits per heavy atom. The van der Waals surface area contributed by atoms with Crippen molar-refractivity contribution in [2.75, 3.05) is 20.1 Å². The maximum absolute atomic E-state index is 10.6. The first-order valence-corrected chi connectivity index (χ1v) is 5.24. The van der Waals surface area contributed by atoms with E-state index >= 15 is 0 Å². The van der Waals surface area contributed by atoms with Crippen LogP contribution in [0.2, 0.25) is 0 Å². The van der Waals surface area contributed by atoms with E-state index < -0.39 is 24.3 Å². The van der Waals surface area contributed by atoms with Gasteiger partial charge in [-0.25, -0.2) is 9.59 Å². The van der Waals surface area contributed by atoms with Gasteiger partial charge in [0.15, 0.2) is 0 Å². The molecule has 6 nitrogen and oxygen atoms in total. The number of carboxylic acids is 2. The Hall–Kier alpha value is -1.56. The summed E-state index contributed by atoms with van der Waals surface area (Å²) in [5, 5.41) is 14.2. The van der Waals surface area contributed by atoms with Crippen molar-refractivity contribution in [1.29, 1.82) is 0 Å². The molecule has 126 valence electrons. The molecule has 21 heavy (non-hydrogen) atoms. The molecule has 0 aromatic carbocycles. The van der Waals surface area contributed by atoms with E-state index in [4.69, 9.17) is 25.5 Å². The molecule has 4 N–H and O–H groups in total. The number of likely N-dealkylation sites (tertiary alicyclic amines) is 1. The van der Waals surface area contributed by atoms with Gasteiger partial charge in [0, 0.05) is 12.6 Å². The van der Waals surface area contributed by atoms with Crippen LogP contribution in [0.3, 0.4) is 0 Å². The molecule has 0 amide bonds. The molecule has 0 aromatic rings. The molecule has 0 saturated carbocycles. The first-order valence-electron chi connectivity index (χ1n) is 5.24. The predicted octanol–water partition coefficient (Wildman–Crippen LogP) is 0.916. The van der Waals surface area contributed by atoms with E-state index in [2.05, 4.69) is 11.9 Å². The monoisotopic (exact) mass is 328 g/mol. The van der Waals surface area contributed by atoms with Crippen LogP contribution < -0.4 is 5.73 Å². The van der Waals surface area contributed by atoms with Gasteiger partial charge in [-0.2, -0.15) is 26.3 Å². The average Bonchev–Trinajstić information content (AvgIpc) is 2.26. The molecule has 0 aromatic heterocycles. The van der Waals surface area contributed by atoms with Gasteiger partial charge in [-0.05, 0) is 20.0 Å². The maximum atomic E-state index is 10.6. The van der Waals surface area contributed by atoms with Crippen molar-refractivity contribution in [3.05, 3.63) is 0 Å². The SMILES string of the molecule is CN1CCC1CN.O=C(O)C(F)(F)F.O=C(O)C(F)(F)F. The second-order valence-corrected chi connectivity index (χ2v) is 3.76. The average molecular weight is 328 g/mol. The Morgan fingerprint density at radius 1 is 1.10 bits per heavy atom. The third-order valence-electron chi connectivity index (χ3n) is 2.20. The summed E-state index contributed by atoms with van der Waals surface area (Å²) in [6.45, 7) is 2.07. The van der Waals surface area contributed by atoms with E-state index in [0.29, 0.717) is 6.04 Å². The van der Waals surface area contributed by atoms with Gasteiger partial charge in [-0.3, -0.25) is 0 Å². The maximum Gasteiger partial charge on any atom is 0.490 e. The molecule has 1 rings (SSSR count). The molecule has 1 heterocycles. The molecule has 1 unspecified atom stereocenters. The summed E-state index contributed by atoms with van der Waals surface area (Å²) in [4.78, 5) is 20.1. The highest BCUT2D eigenvalue weighted by Crippen LogP contribution is 2.13. The van der Waals surface area contributed by atoms with Crippen molar-refractivity contribution in [3.8, 4) is 0 Å². The minimum Gasteiger partial charge on any atom is -0.475 e. The number of aliphatic carboxylic acids is 2. The van der Waals surface area contributed by atoms with Crippen LogP contribution in [-0.4, -0.2) is 65.6 Å². The molecule has 1 saturated heterocycles. The smallest absolute Gasteiger partial charge is 0.475 e. The molecule has 0 spiro atoms. The quantitative estimate of drug-likeness (QED) is 0.618. The lowest BCUT2D eigenvalue weighted by atomic mass is 10.1. The number of hydrogen-bond donors (Lipinski definition) is 3. The zero-order chi connectivity index (χ0) is 17.4. The molecular weight excluding hydrogens is 314 g/mol. The van der Waals surface area contributed by atoms with Crippen LogP contribution in [0.1, 0.15) is 6.42 Å². The summed E-state index contributed by atoms with van der Waals surface area (Å²) in [7, 11) is 2.11. The van der Waals surface area contributed by atoms with Crippen LogP contribution in [0, 0.1) is 0 Å². The van der Waals surface area contributed by atoms with E-state index in [9.17, 15) is 26.3 Å². The van der Waals surface area contributed by atoms with Crippen LogP contribution in [0.4, 0.5) is 26.3 Å². The molecule has 1 aliphatic rings. The summed E-state index contributed by atoms with van der Waals surface area (Å²) in [6, 6.07) is 0.694. The van der Waals surface area contributed by atoms with Crippen molar-refractivity contribution < 1.29 is 46.1 Å².